The van der Waals surface area contributed by atoms with Crippen LogP contribution < -0.4 is 5.32 Å². The fraction of sp³-hybridized carbons (Fsp3) is 0.588. The van der Waals surface area contributed by atoms with E-state index in [1.807, 2.05) is 35.2 Å². The molecule has 2 amide bonds. The van der Waals surface area contributed by atoms with Gasteiger partial charge in [0, 0.05) is 31.4 Å². The van der Waals surface area contributed by atoms with Crippen molar-refractivity contribution in [2.24, 2.45) is 0 Å². The van der Waals surface area contributed by atoms with E-state index in [-0.39, 0.29) is 6.03 Å². The largest absolute Gasteiger partial charge is 0.378 e. The normalized spacial score (nSPS) is 25.6. The monoisotopic (exact) mass is 303 g/mol. The van der Waals surface area contributed by atoms with E-state index in [1.165, 1.54) is 12.8 Å². The summed E-state index contributed by atoms with van der Waals surface area (Å²) in [5, 5.41) is 2.97. The highest BCUT2D eigenvalue weighted by atomic mass is 16.5. The maximum Gasteiger partial charge on any atom is 0.321 e. The summed E-state index contributed by atoms with van der Waals surface area (Å²) in [6.45, 7) is 6.26. The van der Waals surface area contributed by atoms with E-state index in [4.69, 9.17) is 4.74 Å². The molecule has 2 aliphatic rings. The SMILES string of the molecule is CCC[C@H]1COC[C@H]2CN(C(=O)Nc3ccccc3)CCN12. The van der Waals surface area contributed by atoms with Crippen molar-refractivity contribution in [1.82, 2.24) is 9.80 Å². The number of anilines is 1. The molecule has 0 spiro atoms. The summed E-state index contributed by atoms with van der Waals surface area (Å²) in [5.41, 5.74) is 0.846. The van der Waals surface area contributed by atoms with Crippen LogP contribution in [-0.4, -0.2) is 60.8 Å². The first-order valence-corrected chi connectivity index (χ1v) is 8.22. The molecule has 5 heteroatoms. The molecular formula is C17H25N3O2. The van der Waals surface area contributed by atoms with Crippen LogP contribution in [-0.2, 0) is 4.74 Å². The van der Waals surface area contributed by atoms with E-state index in [1.54, 1.807) is 0 Å². The maximum absolute atomic E-state index is 12.4. The van der Waals surface area contributed by atoms with Gasteiger partial charge in [0.25, 0.3) is 0 Å². The zero-order valence-corrected chi connectivity index (χ0v) is 13.2. The average molecular weight is 303 g/mol. The molecule has 2 atom stereocenters. The minimum Gasteiger partial charge on any atom is -0.378 e. The fourth-order valence-electron chi connectivity index (χ4n) is 3.43. The molecule has 2 heterocycles. The van der Waals surface area contributed by atoms with Crippen molar-refractivity contribution in [1.29, 1.82) is 0 Å². The third kappa shape index (κ3) is 3.42. The highest BCUT2D eigenvalue weighted by Gasteiger charge is 2.36. The molecule has 0 aliphatic carbocycles. The minimum absolute atomic E-state index is 0.0107. The maximum atomic E-state index is 12.4. The van der Waals surface area contributed by atoms with Crippen LogP contribution >= 0.6 is 0 Å². The quantitative estimate of drug-likeness (QED) is 0.932. The third-order valence-electron chi connectivity index (χ3n) is 4.55. The molecule has 0 unspecified atom stereocenters. The van der Waals surface area contributed by atoms with Crippen molar-refractivity contribution in [3.63, 3.8) is 0 Å². The van der Waals surface area contributed by atoms with Crippen LogP contribution in [0, 0.1) is 0 Å². The number of carbonyl (C=O) groups is 1. The summed E-state index contributed by atoms with van der Waals surface area (Å²) in [7, 11) is 0. The predicted octanol–water partition coefficient (Wildman–Crippen LogP) is 2.40. The van der Waals surface area contributed by atoms with E-state index >= 15 is 0 Å². The van der Waals surface area contributed by atoms with Crippen molar-refractivity contribution in [3.8, 4) is 0 Å². The van der Waals surface area contributed by atoms with Crippen molar-refractivity contribution in [2.45, 2.75) is 31.8 Å². The van der Waals surface area contributed by atoms with Crippen LogP contribution in [0.25, 0.3) is 0 Å². The molecule has 0 bridgehead atoms. The summed E-state index contributed by atoms with van der Waals surface area (Å²) in [4.78, 5) is 16.9. The van der Waals surface area contributed by atoms with Gasteiger partial charge in [-0.2, -0.15) is 0 Å². The number of nitrogens with zero attached hydrogens (tertiary/aromatic N) is 2. The van der Waals surface area contributed by atoms with E-state index < -0.39 is 0 Å². The molecule has 0 aromatic heterocycles. The van der Waals surface area contributed by atoms with E-state index in [0.29, 0.717) is 12.1 Å². The van der Waals surface area contributed by atoms with Gasteiger partial charge in [-0.1, -0.05) is 31.5 Å². The van der Waals surface area contributed by atoms with Crippen LogP contribution in [0.5, 0.6) is 0 Å². The summed E-state index contributed by atoms with van der Waals surface area (Å²) in [6.07, 6.45) is 2.35. The first kappa shape index (κ1) is 15.3. The zero-order chi connectivity index (χ0) is 15.4. The van der Waals surface area contributed by atoms with Gasteiger partial charge in [0.1, 0.15) is 0 Å². The fourth-order valence-corrected chi connectivity index (χ4v) is 3.43. The van der Waals surface area contributed by atoms with Crippen LogP contribution in [0.2, 0.25) is 0 Å². The second kappa shape index (κ2) is 7.11. The molecule has 22 heavy (non-hydrogen) atoms. The van der Waals surface area contributed by atoms with Gasteiger partial charge in [-0.25, -0.2) is 4.79 Å². The molecular weight excluding hydrogens is 278 g/mol. The van der Waals surface area contributed by atoms with E-state index in [9.17, 15) is 4.79 Å². The number of hydrogen-bond donors (Lipinski definition) is 1. The van der Waals surface area contributed by atoms with Gasteiger partial charge >= 0.3 is 6.03 Å². The Labute approximate surface area is 132 Å². The van der Waals surface area contributed by atoms with Crippen molar-refractivity contribution >= 4 is 11.7 Å². The van der Waals surface area contributed by atoms with Gasteiger partial charge < -0.3 is 15.0 Å². The number of morpholine rings is 1. The Kier molecular flexibility index (Phi) is 4.95. The Morgan fingerprint density at radius 2 is 2.09 bits per heavy atom. The lowest BCUT2D eigenvalue weighted by atomic mass is 10.0. The van der Waals surface area contributed by atoms with Crippen molar-refractivity contribution < 1.29 is 9.53 Å². The molecule has 3 rings (SSSR count). The summed E-state index contributed by atoms with van der Waals surface area (Å²) in [6, 6.07) is 10.5. The number of carbonyl (C=O) groups excluding carboxylic acids is 1. The van der Waals surface area contributed by atoms with E-state index in [0.717, 1.165) is 38.5 Å². The number of ether oxygens (including phenoxy) is 1. The summed E-state index contributed by atoms with van der Waals surface area (Å²) in [5.74, 6) is 0. The lowest BCUT2D eigenvalue weighted by molar-refractivity contribution is -0.0755. The number of para-hydroxylation sites is 1. The molecule has 0 saturated carbocycles. The van der Waals surface area contributed by atoms with Gasteiger partial charge in [-0.15, -0.1) is 0 Å². The Morgan fingerprint density at radius 1 is 1.27 bits per heavy atom. The Morgan fingerprint density at radius 3 is 2.86 bits per heavy atom. The number of rotatable bonds is 3. The summed E-state index contributed by atoms with van der Waals surface area (Å²) >= 11 is 0. The number of benzene rings is 1. The Bertz CT molecular complexity index is 492. The summed E-state index contributed by atoms with van der Waals surface area (Å²) < 4.78 is 5.75. The van der Waals surface area contributed by atoms with Crippen LogP contribution in [0.15, 0.2) is 30.3 Å². The van der Waals surface area contributed by atoms with Crippen LogP contribution in [0.4, 0.5) is 10.5 Å². The first-order chi connectivity index (χ1) is 10.8. The molecule has 1 aromatic carbocycles. The molecule has 120 valence electrons. The smallest absolute Gasteiger partial charge is 0.321 e. The highest BCUT2D eigenvalue weighted by molar-refractivity contribution is 5.89. The highest BCUT2D eigenvalue weighted by Crippen LogP contribution is 2.22. The molecule has 2 saturated heterocycles. The van der Waals surface area contributed by atoms with Crippen LogP contribution in [0.1, 0.15) is 19.8 Å². The predicted molar refractivity (Wildman–Crippen MR) is 87.0 cm³/mol. The molecule has 2 aliphatic heterocycles. The number of nitrogens with one attached hydrogen (secondary N) is 1. The first-order valence-electron chi connectivity index (χ1n) is 8.22. The van der Waals surface area contributed by atoms with Gasteiger partial charge in [0.15, 0.2) is 0 Å². The lowest BCUT2D eigenvalue weighted by Gasteiger charge is -2.47. The second-order valence-corrected chi connectivity index (χ2v) is 6.11. The van der Waals surface area contributed by atoms with E-state index in [2.05, 4.69) is 17.1 Å². The van der Waals surface area contributed by atoms with Crippen molar-refractivity contribution in [3.05, 3.63) is 30.3 Å². The standard InChI is InChI=1S/C17H25N3O2/c1-2-6-15-12-22-13-16-11-19(9-10-20(15)16)17(21)18-14-7-4-3-5-8-14/h3-5,7-8,15-16H,2,6,9-13H2,1H3,(H,18,21)/t15-,16+/m0/s1. The number of fused-ring (bicyclic) bond motifs is 1. The molecule has 1 aromatic rings. The molecule has 5 nitrogen and oxygen atoms in total. The lowest BCUT2D eigenvalue weighted by Crippen LogP contribution is -2.63. The molecule has 2 fully saturated rings. The Hall–Kier alpha value is -1.59. The Balaban J connectivity index is 1.58. The number of piperazine rings is 1. The van der Waals surface area contributed by atoms with Gasteiger partial charge in [0.2, 0.25) is 0 Å². The van der Waals surface area contributed by atoms with Crippen molar-refractivity contribution in [2.75, 3.05) is 38.2 Å². The van der Waals surface area contributed by atoms with Gasteiger partial charge in [-0.05, 0) is 18.6 Å². The van der Waals surface area contributed by atoms with Gasteiger partial charge in [0.05, 0.1) is 19.3 Å². The topological polar surface area (TPSA) is 44.8 Å². The molecule has 0 radical (unpaired) electrons. The number of amides is 2. The number of urea groups is 1. The molecule has 1 N–H and O–H groups in total. The minimum atomic E-state index is -0.0107. The third-order valence-corrected chi connectivity index (χ3v) is 4.55. The zero-order valence-electron chi connectivity index (χ0n) is 13.2. The average Bonchev–Trinajstić information content (AvgIpc) is 2.56. The van der Waals surface area contributed by atoms with Gasteiger partial charge in [-0.3, -0.25) is 4.90 Å². The second-order valence-electron chi connectivity index (χ2n) is 6.11. The van der Waals surface area contributed by atoms with Crippen LogP contribution in [0.3, 0.4) is 0 Å². The number of hydrogen-bond acceptors (Lipinski definition) is 3.